The van der Waals surface area contributed by atoms with E-state index in [1.165, 1.54) is 29.2 Å². The molecule has 3 heterocycles. The quantitative estimate of drug-likeness (QED) is 0.393. The molecule has 0 saturated carbocycles. The first-order valence-electron chi connectivity index (χ1n) is 10.9. The molecule has 1 saturated heterocycles. The molecular formula is C22H23ClF3N5O2S2. The molecule has 1 unspecified atom stereocenters. The van der Waals surface area contributed by atoms with Crippen molar-refractivity contribution in [2.45, 2.75) is 32.2 Å². The van der Waals surface area contributed by atoms with Gasteiger partial charge in [-0.25, -0.2) is 18.2 Å². The Morgan fingerprint density at radius 2 is 2.11 bits per heavy atom. The number of piperidine rings is 1. The van der Waals surface area contributed by atoms with Crippen molar-refractivity contribution in [3.05, 3.63) is 56.5 Å². The lowest BCUT2D eigenvalue weighted by atomic mass is 9.96. The third kappa shape index (κ3) is 6.29. The number of rotatable bonds is 9. The molecule has 1 atom stereocenters. The first-order valence-corrected chi connectivity index (χ1v) is 13.0. The number of aromatic nitrogens is 3. The van der Waals surface area contributed by atoms with E-state index in [1.807, 2.05) is 4.90 Å². The van der Waals surface area contributed by atoms with Crippen LogP contribution in [0.5, 0.6) is 5.19 Å². The van der Waals surface area contributed by atoms with Crippen LogP contribution in [0.25, 0.3) is 0 Å². The summed E-state index contributed by atoms with van der Waals surface area (Å²) in [5.74, 6) is -0.499. The molecule has 0 bridgehead atoms. The first kappa shape index (κ1) is 25.8. The molecule has 1 fully saturated rings. The third-order valence-corrected chi connectivity index (χ3v) is 7.80. The van der Waals surface area contributed by atoms with Crippen molar-refractivity contribution in [1.29, 1.82) is 0 Å². The number of amides is 1. The average Bonchev–Trinajstić information content (AvgIpc) is 3.48. The number of nitrogens with zero attached hydrogens (tertiary/aromatic N) is 4. The van der Waals surface area contributed by atoms with Crippen molar-refractivity contribution in [3.8, 4) is 5.19 Å². The van der Waals surface area contributed by atoms with Gasteiger partial charge in [-0.2, -0.15) is 9.36 Å². The molecule has 2 aromatic heterocycles. The van der Waals surface area contributed by atoms with Crippen LogP contribution in [0.3, 0.4) is 0 Å². The van der Waals surface area contributed by atoms with Gasteiger partial charge in [0.1, 0.15) is 17.3 Å². The van der Waals surface area contributed by atoms with Crippen LogP contribution >= 0.6 is 34.5 Å². The zero-order valence-electron chi connectivity index (χ0n) is 18.7. The molecule has 13 heteroatoms. The molecule has 1 N–H and O–H groups in total. The van der Waals surface area contributed by atoms with Crippen molar-refractivity contribution in [3.63, 3.8) is 0 Å². The largest absolute Gasteiger partial charge is 0.469 e. The maximum Gasteiger partial charge on any atom is 0.293 e. The van der Waals surface area contributed by atoms with Crippen LogP contribution in [-0.2, 0) is 0 Å². The second-order valence-electron chi connectivity index (χ2n) is 8.12. The highest BCUT2D eigenvalue weighted by Gasteiger charge is 2.32. The Labute approximate surface area is 213 Å². The molecule has 0 spiro atoms. The second kappa shape index (κ2) is 11.6. The summed E-state index contributed by atoms with van der Waals surface area (Å²) in [6, 6.07) is 3.44. The molecule has 0 aliphatic carbocycles. The zero-order chi connectivity index (χ0) is 24.9. The van der Waals surface area contributed by atoms with Crippen molar-refractivity contribution < 1.29 is 22.7 Å². The minimum absolute atomic E-state index is 0.0106. The van der Waals surface area contributed by atoms with Gasteiger partial charge in [0.15, 0.2) is 0 Å². The monoisotopic (exact) mass is 545 g/mol. The Bertz CT molecular complexity index is 1130. The van der Waals surface area contributed by atoms with Gasteiger partial charge in [0.25, 0.3) is 17.5 Å². The lowest BCUT2D eigenvalue weighted by molar-refractivity contribution is 0.0870. The predicted molar refractivity (Wildman–Crippen MR) is 128 cm³/mol. The summed E-state index contributed by atoms with van der Waals surface area (Å²) < 4.78 is 51.3. The lowest BCUT2D eigenvalue weighted by Gasteiger charge is -2.37. The summed E-state index contributed by atoms with van der Waals surface area (Å²) in [4.78, 5) is 23.2. The molecule has 1 amide bonds. The number of aryl methyl sites for hydroxylation is 1. The first-order chi connectivity index (χ1) is 16.8. The Balaban J connectivity index is 1.43. The SMILES string of the molecule is Cc1nsc(OCC2CCN(C(CNC(=O)c3c(F)cccc3Cl)c3scnc3C(F)F)CC2)n1. The van der Waals surface area contributed by atoms with E-state index in [0.717, 1.165) is 30.2 Å². The standard InChI is InChI=1S/C22H23ClF3N5O2S2/c1-12-29-22(35-30-12)33-10-13-5-7-31(8-6-13)16(19-18(20(25)26)28-11-34-19)9-27-21(32)17-14(23)3-2-4-15(17)24/h2-4,11,13,16,20H,5-10H2,1H3,(H,27,32). The van der Waals surface area contributed by atoms with Gasteiger partial charge in [-0.15, -0.1) is 11.3 Å². The van der Waals surface area contributed by atoms with Gasteiger partial charge >= 0.3 is 0 Å². The summed E-state index contributed by atoms with van der Waals surface area (Å²) in [6.45, 7) is 3.54. The van der Waals surface area contributed by atoms with Crippen LogP contribution in [0.15, 0.2) is 23.7 Å². The number of likely N-dealkylation sites (tertiary alicyclic amines) is 1. The van der Waals surface area contributed by atoms with E-state index in [1.54, 1.807) is 6.92 Å². The fourth-order valence-electron chi connectivity index (χ4n) is 4.01. The lowest BCUT2D eigenvalue weighted by Crippen LogP contribution is -2.43. The van der Waals surface area contributed by atoms with Crippen molar-refractivity contribution in [2.24, 2.45) is 5.92 Å². The Morgan fingerprint density at radius 1 is 1.34 bits per heavy atom. The van der Waals surface area contributed by atoms with Crippen molar-refractivity contribution in [1.82, 2.24) is 24.6 Å². The van der Waals surface area contributed by atoms with Gasteiger partial charge in [-0.1, -0.05) is 17.7 Å². The average molecular weight is 546 g/mol. The maximum absolute atomic E-state index is 14.2. The second-order valence-corrected chi connectivity index (χ2v) is 10.1. The van der Waals surface area contributed by atoms with Crippen LogP contribution in [0, 0.1) is 18.7 Å². The van der Waals surface area contributed by atoms with Crippen molar-refractivity contribution >= 4 is 40.4 Å². The number of thiazole rings is 1. The fourth-order valence-corrected chi connectivity index (χ4v) is 5.74. The van der Waals surface area contributed by atoms with Crippen LogP contribution < -0.4 is 10.1 Å². The number of hydrogen-bond acceptors (Lipinski definition) is 8. The minimum Gasteiger partial charge on any atom is -0.469 e. The Morgan fingerprint density at radius 3 is 2.77 bits per heavy atom. The van der Waals surface area contributed by atoms with Gasteiger partial charge < -0.3 is 10.1 Å². The molecule has 0 radical (unpaired) electrons. The number of ether oxygens (including phenoxy) is 1. The number of nitrogens with one attached hydrogen (secondary N) is 1. The fraction of sp³-hybridized carbons (Fsp3) is 0.455. The van der Waals surface area contributed by atoms with E-state index >= 15 is 0 Å². The zero-order valence-corrected chi connectivity index (χ0v) is 21.1. The molecule has 4 rings (SSSR count). The number of alkyl halides is 2. The smallest absolute Gasteiger partial charge is 0.293 e. The third-order valence-electron chi connectivity index (χ3n) is 5.82. The molecule has 1 aliphatic rings. The molecule has 35 heavy (non-hydrogen) atoms. The van der Waals surface area contributed by atoms with Gasteiger partial charge in [-0.3, -0.25) is 9.69 Å². The highest BCUT2D eigenvalue weighted by molar-refractivity contribution is 7.09. The van der Waals surface area contributed by atoms with Crippen molar-refractivity contribution in [2.75, 3.05) is 26.2 Å². The minimum atomic E-state index is -2.74. The van der Waals surface area contributed by atoms with E-state index in [-0.39, 0.29) is 28.7 Å². The molecule has 3 aromatic rings. The maximum atomic E-state index is 14.2. The molecule has 1 aromatic carbocycles. The molecule has 7 nitrogen and oxygen atoms in total. The van der Waals surface area contributed by atoms with Crippen LogP contribution in [0.4, 0.5) is 13.2 Å². The van der Waals surface area contributed by atoms with E-state index in [0.29, 0.717) is 35.6 Å². The molecule has 1 aliphatic heterocycles. The number of benzene rings is 1. The highest BCUT2D eigenvalue weighted by Crippen LogP contribution is 2.35. The number of carbonyl (C=O) groups is 1. The summed E-state index contributed by atoms with van der Waals surface area (Å²) >= 11 is 8.34. The van der Waals surface area contributed by atoms with Gasteiger partial charge in [0.05, 0.1) is 33.6 Å². The number of carbonyl (C=O) groups excluding carboxylic acids is 1. The van der Waals surface area contributed by atoms with Crippen LogP contribution in [0.1, 0.15) is 52.1 Å². The van der Waals surface area contributed by atoms with Crippen LogP contribution in [0.2, 0.25) is 5.02 Å². The summed E-state index contributed by atoms with van der Waals surface area (Å²) in [7, 11) is 0. The topological polar surface area (TPSA) is 80.2 Å². The number of hydrogen-bond donors (Lipinski definition) is 1. The number of halogens is 4. The van der Waals surface area contributed by atoms with Crippen LogP contribution in [-0.4, -0.2) is 51.4 Å². The van der Waals surface area contributed by atoms with E-state index in [4.69, 9.17) is 16.3 Å². The normalized spacial score (nSPS) is 15.9. The molecule has 188 valence electrons. The van der Waals surface area contributed by atoms with Gasteiger partial charge in [0.2, 0.25) is 0 Å². The predicted octanol–water partition coefficient (Wildman–Crippen LogP) is 5.30. The van der Waals surface area contributed by atoms with Gasteiger partial charge in [0, 0.05) is 18.1 Å². The highest BCUT2D eigenvalue weighted by atomic mass is 35.5. The Kier molecular flexibility index (Phi) is 8.58. The molecular weight excluding hydrogens is 523 g/mol. The summed E-state index contributed by atoms with van der Waals surface area (Å²) in [6.07, 6.45) is -1.18. The van der Waals surface area contributed by atoms with E-state index in [2.05, 4.69) is 19.7 Å². The summed E-state index contributed by atoms with van der Waals surface area (Å²) in [5, 5.41) is 3.20. The van der Waals surface area contributed by atoms with E-state index in [9.17, 15) is 18.0 Å². The Hall–Kier alpha value is -2.28. The van der Waals surface area contributed by atoms with E-state index < -0.39 is 24.2 Å². The van der Waals surface area contributed by atoms with Gasteiger partial charge in [-0.05, 0) is 50.9 Å². The summed E-state index contributed by atoms with van der Waals surface area (Å²) in [5.41, 5.74) is 0.814.